The molecular formula is C22H29N3O3S. The highest BCUT2D eigenvalue weighted by Gasteiger charge is 2.18. The molecule has 2 aromatic carbocycles. The SMILES string of the molecule is CC1CCN(CCCNC(=O)c2ccccc2NS(=O)(=O)c2ccccc2)CC1. The van der Waals surface area contributed by atoms with Gasteiger partial charge >= 0.3 is 0 Å². The van der Waals surface area contributed by atoms with E-state index in [0.29, 0.717) is 12.1 Å². The Labute approximate surface area is 173 Å². The molecule has 6 nitrogen and oxygen atoms in total. The molecular weight excluding hydrogens is 386 g/mol. The van der Waals surface area contributed by atoms with Crippen molar-refractivity contribution in [3.63, 3.8) is 0 Å². The van der Waals surface area contributed by atoms with Gasteiger partial charge in [-0.25, -0.2) is 8.42 Å². The molecule has 1 fully saturated rings. The Balaban J connectivity index is 1.56. The number of carbonyl (C=O) groups excluding carboxylic acids is 1. The highest BCUT2D eigenvalue weighted by molar-refractivity contribution is 7.92. The van der Waals surface area contributed by atoms with Gasteiger partial charge in [0.05, 0.1) is 16.1 Å². The molecule has 0 unspecified atom stereocenters. The Bertz CT molecular complexity index is 908. The summed E-state index contributed by atoms with van der Waals surface area (Å²) >= 11 is 0. The molecule has 0 saturated carbocycles. The summed E-state index contributed by atoms with van der Waals surface area (Å²) in [4.78, 5) is 15.2. The van der Waals surface area contributed by atoms with Crippen molar-refractivity contribution in [2.24, 2.45) is 5.92 Å². The van der Waals surface area contributed by atoms with Crippen molar-refractivity contribution in [1.29, 1.82) is 0 Å². The maximum atomic E-state index is 12.6. The van der Waals surface area contributed by atoms with E-state index in [1.807, 2.05) is 0 Å². The normalized spacial score (nSPS) is 15.8. The molecule has 2 N–H and O–H groups in total. The lowest BCUT2D eigenvalue weighted by atomic mass is 9.99. The van der Waals surface area contributed by atoms with Crippen LogP contribution >= 0.6 is 0 Å². The van der Waals surface area contributed by atoms with Crippen molar-refractivity contribution in [3.05, 3.63) is 60.2 Å². The molecule has 1 aliphatic rings. The Morgan fingerprint density at radius 3 is 2.41 bits per heavy atom. The molecule has 0 aliphatic carbocycles. The van der Waals surface area contributed by atoms with Crippen molar-refractivity contribution in [1.82, 2.24) is 10.2 Å². The van der Waals surface area contributed by atoms with E-state index < -0.39 is 10.0 Å². The van der Waals surface area contributed by atoms with Gasteiger partial charge < -0.3 is 10.2 Å². The summed E-state index contributed by atoms with van der Waals surface area (Å²) in [6.45, 7) is 6.07. The Kier molecular flexibility index (Phi) is 7.28. The van der Waals surface area contributed by atoms with Gasteiger partial charge in [0.15, 0.2) is 0 Å². The lowest BCUT2D eigenvalue weighted by Crippen LogP contribution is -2.35. The Hall–Kier alpha value is -2.38. The van der Waals surface area contributed by atoms with Gasteiger partial charge in [-0.2, -0.15) is 0 Å². The van der Waals surface area contributed by atoms with Crippen molar-refractivity contribution in [2.45, 2.75) is 31.1 Å². The summed E-state index contributed by atoms with van der Waals surface area (Å²) in [6, 6.07) is 14.8. The van der Waals surface area contributed by atoms with Gasteiger partial charge in [-0.05, 0) is 69.1 Å². The first-order valence-electron chi connectivity index (χ1n) is 10.1. The van der Waals surface area contributed by atoms with Gasteiger partial charge in [-0.3, -0.25) is 9.52 Å². The largest absolute Gasteiger partial charge is 0.352 e. The van der Waals surface area contributed by atoms with E-state index >= 15 is 0 Å². The topological polar surface area (TPSA) is 78.5 Å². The van der Waals surface area contributed by atoms with E-state index in [2.05, 4.69) is 21.9 Å². The van der Waals surface area contributed by atoms with Crippen LogP contribution in [0.2, 0.25) is 0 Å². The minimum atomic E-state index is -3.75. The van der Waals surface area contributed by atoms with E-state index in [-0.39, 0.29) is 16.5 Å². The van der Waals surface area contributed by atoms with Crippen molar-refractivity contribution in [2.75, 3.05) is 30.9 Å². The summed E-state index contributed by atoms with van der Waals surface area (Å²) < 4.78 is 27.7. The van der Waals surface area contributed by atoms with E-state index in [4.69, 9.17) is 0 Å². The number of amides is 1. The first kappa shape index (κ1) is 21.3. The second kappa shape index (κ2) is 9.89. The molecule has 7 heteroatoms. The molecule has 2 aromatic rings. The average Bonchev–Trinajstić information content (AvgIpc) is 2.73. The molecule has 3 rings (SSSR count). The van der Waals surface area contributed by atoms with Crippen LogP contribution < -0.4 is 10.0 Å². The van der Waals surface area contributed by atoms with Crippen LogP contribution in [-0.4, -0.2) is 45.4 Å². The van der Waals surface area contributed by atoms with Crippen LogP contribution in [0.25, 0.3) is 0 Å². The van der Waals surface area contributed by atoms with E-state index in [1.165, 1.54) is 25.0 Å². The van der Waals surface area contributed by atoms with Crippen LogP contribution in [0.5, 0.6) is 0 Å². The van der Waals surface area contributed by atoms with Crippen LogP contribution in [0.15, 0.2) is 59.5 Å². The number of carbonyl (C=O) groups is 1. The fourth-order valence-corrected chi connectivity index (χ4v) is 4.56. The molecule has 1 amide bonds. The second-order valence-electron chi connectivity index (χ2n) is 7.60. The van der Waals surface area contributed by atoms with Gasteiger partial charge in [-0.1, -0.05) is 37.3 Å². The maximum absolute atomic E-state index is 12.6. The molecule has 1 heterocycles. The van der Waals surface area contributed by atoms with Crippen molar-refractivity contribution >= 4 is 21.6 Å². The molecule has 1 aliphatic heterocycles. The van der Waals surface area contributed by atoms with Crippen LogP contribution in [-0.2, 0) is 10.0 Å². The lowest BCUT2D eigenvalue weighted by molar-refractivity contribution is 0.0951. The molecule has 156 valence electrons. The van der Waals surface area contributed by atoms with Gasteiger partial charge in [0.25, 0.3) is 15.9 Å². The molecule has 0 atom stereocenters. The van der Waals surface area contributed by atoms with Crippen LogP contribution in [0.3, 0.4) is 0 Å². The number of likely N-dealkylation sites (tertiary alicyclic amines) is 1. The van der Waals surface area contributed by atoms with Crippen molar-refractivity contribution < 1.29 is 13.2 Å². The monoisotopic (exact) mass is 415 g/mol. The predicted molar refractivity (Wildman–Crippen MR) is 115 cm³/mol. The Morgan fingerprint density at radius 2 is 1.69 bits per heavy atom. The zero-order valence-electron chi connectivity index (χ0n) is 16.8. The summed E-state index contributed by atoms with van der Waals surface area (Å²) in [5, 5.41) is 2.91. The van der Waals surface area contributed by atoms with E-state index in [1.54, 1.807) is 42.5 Å². The quantitative estimate of drug-likeness (QED) is 0.648. The summed E-state index contributed by atoms with van der Waals surface area (Å²) in [5.41, 5.74) is 0.595. The summed E-state index contributed by atoms with van der Waals surface area (Å²) in [7, 11) is -3.75. The fraction of sp³-hybridized carbons (Fsp3) is 0.409. The second-order valence-corrected chi connectivity index (χ2v) is 9.28. The van der Waals surface area contributed by atoms with Gasteiger partial charge in [0, 0.05) is 6.54 Å². The zero-order valence-corrected chi connectivity index (χ0v) is 17.6. The number of hydrogen-bond acceptors (Lipinski definition) is 4. The number of rotatable bonds is 8. The van der Waals surface area contributed by atoms with Gasteiger partial charge in [0.1, 0.15) is 0 Å². The first-order chi connectivity index (χ1) is 14.0. The third-order valence-corrected chi connectivity index (χ3v) is 6.66. The number of nitrogens with zero attached hydrogens (tertiary/aromatic N) is 1. The molecule has 0 bridgehead atoms. The summed E-state index contributed by atoms with van der Waals surface area (Å²) in [6.07, 6.45) is 3.35. The smallest absolute Gasteiger partial charge is 0.261 e. The molecule has 29 heavy (non-hydrogen) atoms. The maximum Gasteiger partial charge on any atom is 0.261 e. The highest BCUT2D eigenvalue weighted by atomic mass is 32.2. The van der Waals surface area contributed by atoms with Gasteiger partial charge in [0.2, 0.25) is 0 Å². The number of sulfonamides is 1. The van der Waals surface area contributed by atoms with Crippen LogP contribution in [0.1, 0.15) is 36.5 Å². The Morgan fingerprint density at radius 1 is 1.03 bits per heavy atom. The van der Waals surface area contributed by atoms with Crippen LogP contribution in [0.4, 0.5) is 5.69 Å². The lowest BCUT2D eigenvalue weighted by Gasteiger charge is -2.30. The average molecular weight is 416 g/mol. The number of benzene rings is 2. The number of piperidine rings is 1. The molecule has 0 radical (unpaired) electrons. The molecule has 0 aromatic heterocycles. The predicted octanol–water partition coefficient (Wildman–Crippen LogP) is 3.34. The summed E-state index contributed by atoms with van der Waals surface area (Å²) in [5.74, 6) is 0.533. The molecule has 1 saturated heterocycles. The highest BCUT2D eigenvalue weighted by Crippen LogP contribution is 2.20. The van der Waals surface area contributed by atoms with E-state index in [0.717, 1.165) is 32.0 Å². The van der Waals surface area contributed by atoms with Gasteiger partial charge in [-0.15, -0.1) is 0 Å². The van der Waals surface area contributed by atoms with Crippen molar-refractivity contribution in [3.8, 4) is 0 Å². The number of para-hydroxylation sites is 1. The number of anilines is 1. The number of nitrogens with one attached hydrogen (secondary N) is 2. The third kappa shape index (κ3) is 6.05. The first-order valence-corrected chi connectivity index (χ1v) is 11.6. The van der Waals surface area contributed by atoms with E-state index in [9.17, 15) is 13.2 Å². The van der Waals surface area contributed by atoms with Crippen LogP contribution in [0, 0.1) is 5.92 Å². The number of hydrogen-bond donors (Lipinski definition) is 2. The zero-order chi connectivity index (χ0) is 20.7. The minimum absolute atomic E-state index is 0.158. The standard InChI is InChI=1S/C22H29N3O3S/c1-18-12-16-25(17-13-18)15-7-14-23-22(26)20-10-5-6-11-21(20)24-29(27,28)19-8-3-2-4-9-19/h2-6,8-11,18,24H,7,12-17H2,1H3,(H,23,26). The fourth-order valence-electron chi connectivity index (χ4n) is 3.46. The third-order valence-electron chi connectivity index (χ3n) is 5.28. The minimum Gasteiger partial charge on any atom is -0.352 e. The molecule has 0 spiro atoms.